The SMILES string of the molecule is CC(=O)Nc1sc(C)c(C)c1C(=O)O[C@H](C)C(=O)NC1CCCC1. The number of ether oxygens (including phenoxy) is 1. The fraction of sp³-hybridized carbons (Fsp3) is 0.588. The second kappa shape index (κ2) is 7.79. The van der Waals surface area contributed by atoms with Crippen molar-refractivity contribution in [3.05, 3.63) is 16.0 Å². The number of anilines is 1. The molecule has 0 bridgehead atoms. The van der Waals surface area contributed by atoms with Crippen LogP contribution in [0.15, 0.2) is 0 Å². The molecule has 1 atom stereocenters. The second-order valence-corrected chi connectivity index (χ2v) is 7.43. The van der Waals surface area contributed by atoms with Crippen molar-refractivity contribution in [1.29, 1.82) is 0 Å². The molecule has 1 heterocycles. The third-order valence-corrected chi connectivity index (χ3v) is 5.36. The first-order valence-corrected chi connectivity index (χ1v) is 9.00. The first kappa shape index (κ1) is 18.4. The number of aryl methyl sites for hydroxylation is 1. The Balaban J connectivity index is 2.05. The highest BCUT2D eigenvalue weighted by Gasteiger charge is 2.27. The van der Waals surface area contributed by atoms with E-state index in [1.54, 1.807) is 13.8 Å². The molecule has 1 fully saturated rings. The summed E-state index contributed by atoms with van der Waals surface area (Å²) in [4.78, 5) is 36.9. The molecule has 7 heteroatoms. The molecule has 1 aromatic heterocycles. The maximum atomic E-state index is 12.5. The number of carbonyl (C=O) groups excluding carboxylic acids is 3. The highest BCUT2D eigenvalue weighted by Crippen LogP contribution is 2.33. The van der Waals surface area contributed by atoms with Crippen LogP contribution in [0.25, 0.3) is 0 Å². The third kappa shape index (κ3) is 4.35. The van der Waals surface area contributed by atoms with Crippen molar-refractivity contribution in [2.24, 2.45) is 0 Å². The highest BCUT2D eigenvalue weighted by molar-refractivity contribution is 7.16. The van der Waals surface area contributed by atoms with Crippen molar-refractivity contribution in [3.8, 4) is 0 Å². The van der Waals surface area contributed by atoms with E-state index in [1.165, 1.54) is 18.3 Å². The minimum Gasteiger partial charge on any atom is -0.449 e. The third-order valence-electron chi connectivity index (χ3n) is 4.23. The topological polar surface area (TPSA) is 84.5 Å². The minimum absolute atomic E-state index is 0.179. The maximum Gasteiger partial charge on any atom is 0.342 e. The molecule has 1 aliphatic carbocycles. The molecule has 0 saturated heterocycles. The summed E-state index contributed by atoms with van der Waals surface area (Å²) in [6.45, 7) is 6.63. The molecule has 2 N–H and O–H groups in total. The van der Waals surface area contributed by atoms with Crippen LogP contribution in [0.5, 0.6) is 0 Å². The van der Waals surface area contributed by atoms with Crippen LogP contribution in [0.4, 0.5) is 5.00 Å². The summed E-state index contributed by atoms with van der Waals surface area (Å²) in [5.74, 6) is -1.12. The van der Waals surface area contributed by atoms with Crippen molar-refractivity contribution in [3.63, 3.8) is 0 Å². The van der Waals surface area contributed by atoms with Gasteiger partial charge in [0.25, 0.3) is 5.91 Å². The van der Waals surface area contributed by atoms with Gasteiger partial charge >= 0.3 is 5.97 Å². The van der Waals surface area contributed by atoms with Crippen molar-refractivity contribution in [1.82, 2.24) is 5.32 Å². The molecule has 0 spiro atoms. The van der Waals surface area contributed by atoms with Gasteiger partial charge in [0.15, 0.2) is 6.10 Å². The lowest BCUT2D eigenvalue weighted by molar-refractivity contribution is -0.129. The molecular weight excluding hydrogens is 328 g/mol. The highest BCUT2D eigenvalue weighted by atomic mass is 32.1. The standard InChI is InChI=1S/C17H24N2O4S/c1-9-11(3)24-16(18-12(4)20)14(9)17(22)23-10(2)15(21)19-13-7-5-6-8-13/h10,13H,5-8H2,1-4H3,(H,18,20)(H,19,21)/t10-/m1/s1. The number of amides is 2. The van der Waals surface area contributed by atoms with Gasteiger partial charge in [-0.1, -0.05) is 12.8 Å². The van der Waals surface area contributed by atoms with E-state index in [9.17, 15) is 14.4 Å². The van der Waals surface area contributed by atoms with E-state index in [2.05, 4.69) is 10.6 Å². The lowest BCUT2D eigenvalue weighted by atomic mass is 10.1. The molecule has 2 rings (SSSR count). The Kier molecular flexibility index (Phi) is 5.99. The molecule has 6 nitrogen and oxygen atoms in total. The zero-order valence-corrected chi connectivity index (χ0v) is 15.3. The Labute approximate surface area is 146 Å². The van der Waals surface area contributed by atoms with E-state index < -0.39 is 12.1 Å². The summed E-state index contributed by atoms with van der Waals surface area (Å²) in [6.07, 6.45) is 3.31. The number of hydrogen-bond acceptors (Lipinski definition) is 5. The Morgan fingerprint density at radius 2 is 1.83 bits per heavy atom. The van der Waals surface area contributed by atoms with E-state index in [0.717, 1.165) is 36.1 Å². The maximum absolute atomic E-state index is 12.5. The van der Waals surface area contributed by atoms with Gasteiger partial charge in [-0.25, -0.2) is 4.79 Å². The van der Waals surface area contributed by atoms with Crippen molar-refractivity contribution >= 4 is 34.1 Å². The molecule has 1 aromatic rings. The molecule has 132 valence electrons. The summed E-state index contributed by atoms with van der Waals surface area (Å²) in [5, 5.41) is 6.04. The van der Waals surface area contributed by atoms with Gasteiger partial charge in [0, 0.05) is 17.8 Å². The predicted molar refractivity (Wildman–Crippen MR) is 93.4 cm³/mol. The fourth-order valence-corrected chi connectivity index (χ4v) is 3.88. The van der Waals surface area contributed by atoms with Crippen LogP contribution >= 0.6 is 11.3 Å². The van der Waals surface area contributed by atoms with Gasteiger partial charge in [-0.3, -0.25) is 9.59 Å². The van der Waals surface area contributed by atoms with Crippen LogP contribution < -0.4 is 10.6 Å². The van der Waals surface area contributed by atoms with Crippen molar-refractivity contribution < 1.29 is 19.1 Å². The molecule has 0 aliphatic heterocycles. The molecule has 1 saturated carbocycles. The molecule has 1 aliphatic rings. The summed E-state index contributed by atoms with van der Waals surface area (Å²) < 4.78 is 5.33. The normalized spacial score (nSPS) is 15.8. The van der Waals surface area contributed by atoms with Crippen LogP contribution in [-0.4, -0.2) is 29.9 Å². The van der Waals surface area contributed by atoms with E-state index in [0.29, 0.717) is 10.6 Å². The fourth-order valence-electron chi connectivity index (χ4n) is 2.78. The van der Waals surface area contributed by atoms with E-state index in [-0.39, 0.29) is 17.9 Å². The first-order valence-electron chi connectivity index (χ1n) is 8.18. The van der Waals surface area contributed by atoms with Crippen molar-refractivity contribution in [2.75, 3.05) is 5.32 Å². The first-order chi connectivity index (χ1) is 11.3. The lowest BCUT2D eigenvalue weighted by Crippen LogP contribution is -2.40. The summed E-state index contributed by atoms with van der Waals surface area (Å²) in [5.41, 5.74) is 1.09. The van der Waals surface area contributed by atoms with Gasteiger partial charge in [0.1, 0.15) is 5.00 Å². The monoisotopic (exact) mass is 352 g/mol. The number of nitrogens with one attached hydrogen (secondary N) is 2. The Bertz CT molecular complexity index is 647. The predicted octanol–water partition coefficient (Wildman–Crippen LogP) is 2.93. The minimum atomic E-state index is -0.872. The summed E-state index contributed by atoms with van der Waals surface area (Å²) in [6, 6.07) is 0.179. The molecule has 0 radical (unpaired) electrons. The number of rotatable bonds is 5. The molecule has 0 aromatic carbocycles. The smallest absolute Gasteiger partial charge is 0.342 e. The van der Waals surface area contributed by atoms with Crippen LogP contribution in [0.1, 0.15) is 60.3 Å². The second-order valence-electron chi connectivity index (χ2n) is 6.21. The van der Waals surface area contributed by atoms with Crippen LogP contribution in [-0.2, 0) is 14.3 Å². The van der Waals surface area contributed by atoms with Gasteiger partial charge in [-0.2, -0.15) is 0 Å². The molecule has 24 heavy (non-hydrogen) atoms. The quantitative estimate of drug-likeness (QED) is 0.798. The van der Waals surface area contributed by atoms with Crippen LogP contribution in [0.3, 0.4) is 0 Å². The average molecular weight is 352 g/mol. The Morgan fingerprint density at radius 3 is 2.42 bits per heavy atom. The van der Waals surface area contributed by atoms with Gasteiger partial charge in [0.2, 0.25) is 5.91 Å². The Hall–Kier alpha value is -1.89. The molecule has 2 amide bonds. The number of thiophene rings is 1. The summed E-state index contributed by atoms with van der Waals surface area (Å²) in [7, 11) is 0. The van der Waals surface area contributed by atoms with Gasteiger partial charge < -0.3 is 15.4 Å². The van der Waals surface area contributed by atoms with Crippen LogP contribution in [0.2, 0.25) is 0 Å². The van der Waals surface area contributed by atoms with Crippen molar-refractivity contribution in [2.45, 2.75) is 65.5 Å². The zero-order chi connectivity index (χ0) is 17.9. The number of carbonyl (C=O) groups is 3. The van der Waals surface area contributed by atoms with E-state index in [1.807, 2.05) is 6.92 Å². The molecular formula is C17H24N2O4S. The van der Waals surface area contributed by atoms with Gasteiger partial charge in [-0.05, 0) is 39.2 Å². The molecule has 0 unspecified atom stereocenters. The van der Waals surface area contributed by atoms with Gasteiger partial charge in [0.05, 0.1) is 5.56 Å². The number of hydrogen-bond donors (Lipinski definition) is 2. The average Bonchev–Trinajstić information content (AvgIpc) is 3.07. The van der Waals surface area contributed by atoms with Crippen LogP contribution in [0, 0.1) is 13.8 Å². The van der Waals surface area contributed by atoms with E-state index in [4.69, 9.17) is 4.74 Å². The lowest BCUT2D eigenvalue weighted by Gasteiger charge is -2.17. The summed E-state index contributed by atoms with van der Waals surface area (Å²) >= 11 is 1.33. The largest absolute Gasteiger partial charge is 0.449 e. The van der Waals surface area contributed by atoms with E-state index >= 15 is 0 Å². The van der Waals surface area contributed by atoms with Gasteiger partial charge in [-0.15, -0.1) is 11.3 Å². The Morgan fingerprint density at radius 1 is 1.21 bits per heavy atom. The number of esters is 1. The zero-order valence-electron chi connectivity index (χ0n) is 14.5.